The molecule has 0 amide bonds. The summed E-state index contributed by atoms with van der Waals surface area (Å²) in [4.78, 5) is 37.7. The van der Waals surface area contributed by atoms with Crippen LogP contribution in [0.25, 0.3) is 0 Å². The maximum absolute atomic E-state index is 13.0. The predicted molar refractivity (Wildman–Crippen MR) is 440 cm³/mol. The molecule has 606 valence electrons. The predicted octanol–water partition coefficient (Wildman–Crippen LogP) is 28.9. The van der Waals surface area contributed by atoms with Gasteiger partial charge in [0.2, 0.25) is 0 Å². The molecule has 0 bridgehead atoms. The highest BCUT2D eigenvalue weighted by Gasteiger charge is 2.22. The average molecular weight is 1440 g/mol. The van der Waals surface area contributed by atoms with Crippen LogP contribution in [0.3, 0.4) is 0 Å². The van der Waals surface area contributed by atoms with Crippen molar-refractivity contribution in [1.29, 1.82) is 0 Å². The van der Waals surface area contributed by atoms with Gasteiger partial charge in [0.1, 0.15) is 13.2 Å². The lowest BCUT2D eigenvalue weighted by Gasteiger charge is -2.26. The van der Waals surface area contributed by atoms with Crippen molar-refractivity contribution in [2.24, 2.45) is 0 Å². The number of unbranched alkanes of at least 4 members (excludes halogenated alkanes) is 72. The number of esters is 2. The van der Waals surface area contributed by atoms with Gasteiger partial charge in [-0.1, -0.05) is 469 Å². The molecule has 2 unspecified atom stereocenters. The smallest absolute Gasteiger partial charge is 0.306 e. The first kappa shape index (κ1) is 100. The molecular weight excluding hydrogens is 1260 g/mol. The van der Waals surface area contributed by atoms with Gasteiger partial charge in [0.05, 0.1) is 40.3 Å². The third-order valence-corrected chi connectivity index (χ3v) is 21.8. The average Bonchev–Trinajstić information content (AvgIpc) is 1.02. The highest BCUT2D eigenvalue weighted by atomic mass is 16.7. The first-order valence-electron chi connectivity index (χ1n) is 46.3. The normalized spacial score (nSPS) is 12.5. The zero-order valence-corrected chi connectivity index (χ0v) is 69.8. The van der Waals surface area contributed by atoms with Gasteiger partial charge in [0.25, 0.3) is 0 Å². The van der Waals surface area contributed by atoms with E-state index in [1.807, 2.05) is 21.1 Å². The van der Waals surface area contributed by atoms with E-state index in [4.69, 9.17) is 18.9 Å². The van der Waals surface area contributed by atoms with Crippen LogP contribution in [-0.4, -0.2) is 82.3 Å². The molecule has 0 aromatic carbocycles. The monoisotopic (exact) mass is 1440 g/mol. The molecule has 0 saturated carbocycles. The second kappa shape index (κ2) is 84.7. The van der Waals surface area contributed by atoms with Gasteiger partial charge >= 0.3 is 11.9 Å². The van der Waals surface area contributed by atoms with E-state index in [1.54, 1.807) is 0 Å². The Kier molecular flexibility index (Phi) is 83.0. The SMILES string of the molecule is CCCCCCCCCC/C=C\CCCCCCCCCCCCCCCCCCCCCCCCCCCC(=O)OC(COC(=O)CCCCCCCCCCCCCCCCCCCCCCCCCCCCCCCCCCCCCCCCCC)COC(OCC[N+](C)(C)C)C(=O)[O-]. The maximum atomic E-state index is 13.0. The molecule has 0 aliphatic rings. The second-order valence-corrected chi connectivity index (χ2v) is 33.3. The van der Waals surface area contributed by atoms with Crippen molar-refractivity contribution in [3.63, 3.8) is 0 Å². The fourth-order valence-corrected chi connectivity index (χ4v) is 14.7. The Hall–Kier alpha value is -1.97. The summed E-state index contributed by atoms with van der Waals surface area (Å²) in [6.45, 7) is 4.86. The third-order valence-electron chi connectivity index (χ3n) is 21.8. The van der Waals surface area contributed by atoms with Gasteiger partial charge < -0.3 is 33.3 Å². The minimum absolute atomic E-state index is 0.153. The van der Waals surface area contributed by atoms with Crippen molar-refractivity contribution in [3.05, 3.63) is 12.2 Å². The van der Waals surface area contributed by atoms with Gasteiger partial charge in [-0.3, -0.25) is 9.59 Å². The Morgan fingerprint density at radius 3 is 0.725 bits per heavy atom. The van der Waals surface area contributed by atoms with E-state index in [0.717, 1.165) is 38.5 Å². The minimum atomic E-state index is -1.62. The Balaban J connectivity index is 3.86. The highest BCUT2D eigenvalue weighted by Crippen LogP contribution is 2.22. The van der Waals surface area contributed by atoms with E-state index in [2.05, 4.69) is 26.0 Å². The van der Waals surface area contributed by atoms with Crippen molar-refractivity contribution in [2.45, 2.75) is 521 Å². The molecule has 0 saturated heterocycles. The van der Waals surface area contributed by atoms with Crippen LogP contribution in [0.5, 0.6) is 0 Å². The Morgan fingerprint density at radius 1 is 0.284 bits per heavy atom. The van der Waals surface area contributed by atoms with Gasteiger partial charge in [0.15, 0.2) is 12.4 Å². The first-order chi connectivity index (χ1) is 50.1. The number of rotatable bonds is 89. The van der Waals surface area contributed by atoms with Crippen molar-refractivity contribution >= 4 is 17.9 Å². The zero-order valence-electron chi connectivity index (χ0n) is 69.8. The van der Waals surface area contributed by atoms with E-state index in [9.17, 15) is 19.5 Å². The number of carboxylic acid groups (broad SMARTS) is 1. The number of quaternary nitrogens is 1. The molecular formula is C93H181NO8. The summed E-state index contributed by atoms with van der Waals surface area (Å²) in [5.74, 6) is -2.24. The molecule has 0 fully saturated rings. The summed E-state index contributed by atoms with van der Waals surface area (Å²) in [6.07, 6.45) is 106. The zero-order chi connectivity index (χ0) is 73.9. The Labute approximate surface area is 637 Å². The summed E-state index contributed by atoms with van der Waals surface area (Å²) in [7, 11) is 5.96. The van der Waals surface area contributed by atoms with Crippen LogP contribution in [0.2, 0.25) is 0 Å². The molecule has 0 aromatic rings. The largest absolute Gasteiger partial charge is 0.545 e. The topological polar surface area (TPSA) is 111 Å². The molecule has 9 heteroatoms. The Bertz CT molecular complexity index is 1680. The van der Waals surface area contributed by atoms with Crippen molar-refractivity contribution in [3.8, 4) is 0 Å². The molecule has 9 nitrogen and oxygen atoms in total. The fourth-order valence-electron chi connectivity index (χ4n) is 14.7. The molecule has 102 heavy (non-hydrogen) atoms. The molecule has 0 rings (SSSR count). The van der Waals surface area contributed by atoms with E-state index in [0.29, 0.717) is 17.4 Å². The van der Waals surface area contributed by atoms with Crippen LogP contribution in [0, 0.1) is 0 Å². The van der Waals surface area contributed by atoms with E-state index in [-0.39, 0.29) is 32.2 Å². The minimum Gasteiger partial charge on any atom is -0.545 e. The van der Waals surface area contributed by atoms with Crippen LogP contribution in [-0.2, 0) is 33.3 Å². The van der Waals surface area contributed by atoms with Gasteiger partial charge in [-0.05, 0) is 38.5 Å². The number of allylic oxidation sites excluding steroid dienone is 2. The lowest BCUT2D eigenvalue weighted by Crippen LogP contribution is -2.44. The van der Waals surface area contributed by atoms with Gasteiger partial charge in [-0.15, -0.1) is 0 Å². The number of aliphatic carboxylic acids is 1. The summed E-state index contributed by atoms with van der Waals surface area (Å²) in [5, 5.41) is 11.9. The number of nitrogens with zero attached hydrogens (tertiary/aromatic N) is 1. The number of carboxylic acids is 1. The maximum Gasteiger partial charge on any atom is 0.306 e. The van der Waals surface area contributed by atoms with E-state index >= 15 is 0 Å². The number of ether oxygens (including phenoxy) is 4. The first-order valence-corrected chi connectivity index (χ1v) is 46.3. The van der Waals surface area contributed by atoms with Gasteiger partial charge in [-0.25, -0.2) is 0 Å². The van der Waals surface area contributed by atoms with Crippen LogP contribution in [0.4, 0.5) is 0 Å². The molecule has 0 heterocycles. The molecule has 0 radical (unpaired) electrons. The lowest BCUT2D eigenvalue weighted by molar-refractivity contribution is -0.870. The Morgan fingerprint density at radius 2 is 0.500 bits per heavy atom. The molecule has 0 aliphatic heterocycles. The molecule has 0 aliphatic carbocycles. The van der Waals surface area contributed by atoms with E-state index < -0.39 is 24.3 Å². The van der Waals surface area contributed by atoms with Crippen molar-refractivity contribution < 1.29 is 42.9 Å². The number of hydrogen-bond acceptors (Lipinski definition) is 8. The van der Waals surface area contributed by atoms with Gasteiger partial charge in [-0.2, -0.15) is 0 Å². The second-order valence-electron chi connectivity index (χ2n) is 33.3. The van der Waals surface area contributed by atoms with Crippen LogP contribution in [0.1, 0.15) is 508 Å². The standard InChI is InChI=1S/C93H181NO8/c1-6-8-10-12-14-16-18-20-22-24-26-28-30-32-34-36-38-40-42-44-45-46-48-49-51-53-55-57-59-61-63-65-67-69-71-73-75-77-79-81-83-90(95)100-87-89(88-101-93(92(97)98)99-86-85-94(3,4)5)102-91(96)84-82-80-78-76-74-72-70-68-66-64-62-60-58-56-54-52-50-47-43-41-39-37-35-33-31-29-27-25-23-21-19-17-15-13-11-9-7-2/h25,27,89,93H,6-24,26,28-88H2,1-5H3/b27-25-. The third kappa shape index (κ3) is 85.3. The fraction of sp³-hybridized carbons (Fsp3) is 0.946. The summed E-state index contributed by atoms with van der Waals surface area (Å²) in [6, 6.07) is 0. The number of carbonyl (C=O) groups excluding carboxylic acids is 3. The molecule has 0 spiro atoms. The molecule has 0 N–H and O–H groups in total. The van der Waals surface area contributed by atoms with Crippen LogP contribution in [0.15, 0.2) is 12.2 Å². The number of carbonyl (C=O) groups is 3. The van der Waals surface area contributed by atoms with Crippen LogP contribution >= 0.6 is 0 Å². The highest BCUT2D eigenvalue weighted by molar-refractivity contribution is 5.70. The summed E-state index contributed by atoms with van der Waals surface area (Å²) >= 11 is 0. The number of hydrogen-bond donors (Lipinski definition) is 0. The van der Waals surface area contributed by atoms with E-state index in [1.165, 1.54) is 443 Å². The summed E-state index contributed by atoms with van der Waals surface area (Å²) < 4.78 is 22.9. The van der Waals surface area contributed by atoms with Crippen LogP contribution < -0.4 is 5.11 Å². The van der Waals surface area contributed by atoms with Crippen molar-refractivity contribution in [2.75, 3.05) is 47.5 Å². The van der Waals surface area contributed by atoms with Crippen molar-refractivity contribution in [1.82, 2.24) is 0 Å². The summed E-state index contributed by atoms with van der Waals surface area (Å²) in [5.41, 5.74) is 0. The molecule has 0 aromatic heterocycles. The lowest BCUT2D eigenvalue weighted by atomic mass is 10.0. The van der Waals surface area contributed by atoms with Gasteiger partial charge in [0, 0.05) is 12.8 Å². The molecule has 2 atom stereocenters. The number of likely N-dealkylation sites (N-methyl/N-ethyl adjacent to an activating group) is 1. The quantitative estimate of drug-likeness (QED) is 0.0195.